The van der Waals surface area contributed by atoms with Gasteiger partial charge in [0, 0.05) is 0 Å². The molecule has 0 fully saturated rings. The molecule has 0 aliphatic rings. The van der Waals surface area contributed by atoms with Crippen molar-refractivity contribution in [1.82, 2.24) is 0 Å². The van der Waals surface area contributed by atoms with Crippen molar-refractivity contribution in [2.45, 2.75) is 110 Å². The Morgan fingerprint density at radius 3 is 0.952 bits per heavy atom. The predicted molar refractivity (Wildman–Crippen MR) is 92.6 cm³/mol. The summed E-state index contributed by atoms with van der Waals surface area (Å²) >= 11 is -3.87. The van der Waals surface area contributed by atoms with Crippen LogP contribution in [0, 0.1) is 0 Å². The van der Waals surface area contributed by atoms with Crippen molar-refractivity contribution < 1.29 is 9.22 Å². The fourth-order valence-electron chi connectivity index (χ4n) is 1.90. The number of hydrogen-bond acceptors (Lipinski definition) is 3. The van der Waals surface area contributed by atoms with E-state index in [0.717, 1.165) is 6.42 Å². The van der Waals surface area contributed by atoms with E-state index in [1.807, 2.05) is 0 Å². The molecule has 0 saturated heterocycles. The van der Waals surface area contributed by atoms with E-state index in [0.29, 0.717) is 0 Å². The second-order valence-electron chi connectivity index (χ2n) is 9.44. The van der Waals surface area contributed by atoms with Crippen molar-refractivity contribution in [1.29, 1.82) is 0 Å². The maximum absolute atomic E-state index is 6.60. The molecule has 0 aromatic rings. The van der Waals surface area contributed by atoms with Gasteiger partial charge >= 0.3 is 139 Å². The Kier molecular flexibility index (Phi) is 6.87. The van der Waals surface area contributed by atoms with E-state index in [2.05, 4.69) is 83.1 Å². The van der Waals surface area contributed by atoms with Crippen LogP contribution in [0.1, 0.15) is 89.5 Å². The standard InChI is InChI=1S/C5H11.3C4H9O.Sn/c1-4-5(2)3;3*1-4(2,3)5;/h4H2,1-3H3;3*1-3H3;/q;3*-1;+3. The summed E-state index contributed by atoms with van der Waals surface area (Å²) in [6, 6.07) is 0. The normalized spacial score (nSPS) is 15.4. The van der Waals surface area contributed by atoms with Crippen molar-refractivity contribution in [3.63, 3.8) is 0 Å². The molecule has 128 valence electrons. The van der Waals surface area contributed by atoms with Gasteiger partial charge in [0.15, 0.2) is 0 Å². The molecule has 0 amide bonds. The van der Waals surface area contributed by atoms with Crippen LogP contribution in [0.5, 0.6) is 0 Å². The molecule has 0 rings (SSSR count). The van der Waals surface area contributed by atoms with Gasteiger partial charge in [-0.2, -0.15) is 0 Å². The zero-order valence-electron chi connectivity index (χ0n) is 16.4. The Bertz CT molecular complexity index is 289. The van der Waals surface area contributed by atoms with Crippen LogP contribution in [0.3, 0.4) is 0 Å². The van der Waals surface area contributed by atoms with Crippen LogP contribution in [-0.4, -0.2) is 36.4 Å². The summed E-state index contributed by atoms with van der Waals surface area (Å²) in [4.78, 5) is 0. The third-order valence-corrected chi connectivity index (χ3v) is 16.3. The van der Waals surface area contributed by atoms with Gasteiger partial charge in [0.05, 0.1) is 0 Å². The molecule has 0 heterocycles. The van der Waals surface area contributed by atoms with E-state index in [1.165, 1.54) is 0 Å². The molecule has 0 bridgehead atoms. The topological polar surface area (TPSA) is 27.7 Å². The Morgan fingerprint density at radius 2 is 0.810 bits per heavy atom. The predicted octanol–water partition coefficient (Wildman–Crippen LogP) is 5.56. The third-order valence-electron chi connectivity index (χ3n) is 3.03. The van der Waals surface area contributed by atoms with Gasteiger partial charge in [-0.15, -0.1) is 0 Å². The summed E-state index contributed by atoms with van der Waals surface area (Å²) < 4.78 is 19.7. The summed E-state index contributed by atoms with van der Waals surface area (Å²) in [5, 5.41) is 0. The Morgan fingerprint density at radius 1 is 0.571 bits per heavy atom. The number of rotatable bonds is 5. The molecule has 0 saturated carbocycles. The van der Waals surface area contributed by atoms with Gasteiger partial charge in [0.25, 0.3) is 0 Å². The van der Waals surface area contributed by atoms with Crippen LogP contribution in [-0.2, 0) is 9.22 Å². The molecule has 0 spiro atoms. The van der Waals surface area contributed by atoms with Gasteiger partial charge in [-0.1, -0.05) is 0 Å². The van der Waals surface area contributed by atoms with Crippen molar-refractivity contribution >= 4 is 19.6 Å². The molecular weight excluding hydrogens is 371 g/mol. The van der Waals surface area contributed by atoms with Crippen LogP contribution in [0.2, 0.25) is 3.43 Å². The summed E-state index contributed by atoms with van der Waals surface area (Å²) in [5.41, 5.74) is -0.836. The molecule has 0 aromatic heterocycles. The van der Waals surface area contributed by atoms with E-state index in [1.54, 1.807) is 0 Å². The van der Waals surface area contributed by atoms with Gasteiger partial charge in [-0.05, 0) is 0 Å². The molecule has 0 aliphatic heterocycles. The molecule has 0 radical (unpaired) electrons. The fraction of sp³-hybridized carbons (Fsp3) is 1.00. The summed E-state index contributed by atoms with van der Waals surface area (Å²) in [6.07, 6.45) is 0.978. The van der Waals surface area contributed by atoms with Crippen molar-refractivity contribution in [2.24, 2.45) is 0 Å². The first-order valence-corrected chi connectivity index (χ1v) is 13.0. The molecule has 0 aromatic carbocycles. The fourth-order valence-corrected chi connectivity index (χ4v) is 12.8. The van der Waals surface area contributed by atoms with Crippen molar-refractivity contribution in [2.75, 3.05) is 0 Å². The second-order valence-corrected chi connectivity index (χ2v) is 18.2. The van der Waals surface area contributed by atoms with Gasteiger partial charge in [0.2, 0.25) is 0 Å². The van der Waals surface area contributed by atoms with Crippen molar-refractivity contribution in [3.8, 4) is 0 Å². The first kappa shape index (κ1) is 21.7. The maximum atomic E-state index is 6.60. The minimum absolute atomic E-state index is 0.0808. The first-order chi connectivity index (χ1) is 8.93. The van der Waals surface area contributed by atoms with Crippen LogP contribution >= 0.6 is 0 Å². The quantitative estimate of drug-likeness (QED) is 0.557. The van der Waals surface area contributed by atoms with E-state index in [4.69, 9.17) is 9.22 Å². The Balaban J connectivity index is 5.95. The summed E-state index contributed by atoms with van der Waals surface area (Å²) in [7, 11) is 0. The van der Waals surface area contributed by atoms with Crippen LogP contribution in [0.4, 0.5) is 0 Å². The van der Waals surface area contributed by atoms with Crippen molar-refractivity contribution in [3.05, 3.63) is 0 Å². The molecule has 0 N–H and O–H groups in total. The summed E-state index contributed by atoms with van der Waals surface area (Å²) in [6.45, 7) is 25.4. The van der Waals surface area contributed by atoms with Gasteiger partial charge in [-0.25, -0.2) is 0 Å². The first-order valence-electron chi connectivity index (χ1n) is 8.04. The molecule has 0 unspecified atom stereocenters. The molecule has 0 atom stereocenters. The molecule has 4 heteroatoms. The van der Waals surface area contributed by atoms with Gasteiger partial charge in [0.1, 0.15) is 0 Å². The Hall–Kier alpha value is 0.679. The Labute approximate surface area is 138 Å². The molecule has 0 aliphatic carbocycles. The third kappa shape index (κ3) is 7.67. The van der Waals surface area contributed by atoms with E-state index in [-0.39, 0.29) is 20.2 Å². The average molecular weight is 409 g/mol. The zero-order valence-corrected chi connectivity index (χ0v) is 19.3. The minimum atomic E-state index is -3.87. The second kappa shape index (κ2) is 6.66. The number of hydrogen-bond donors (Lipinski definition) is 0. The van der Waals surface area contributed by atoms with E-state index in [9.17, 15) is 0 Å². The van der Waals surface area contributed by atoms with Gasteiger partial charge in [-0.3, -0.25) is 0 Å². The van der Waals surface area contributed by atoms with Crippen LogP contribution in [0.15, 0.2) is 0 Å². The average Bonchev–Trinajstić information content (AvgIpc) is 2.08. The zero-order chi connectivity index (χ0) is 17.3. The SMILES string of the molecule is CC[C](C)(C)[Sn]([O]C(C)(C)C)([O]C(C)(C)C)[O]C(C)(C)C. The van der Waals surface area contributed by atoms with Gasteiger partial charge < -0.3 is 0 Å². The van der Waals surface area contributed by atoms with E-state index >= 15 is 0 Å². The molecular formula is C17H38O3Sn. The van der Waals surface area contributed by atoms with Crippen LogP contribution in [0.25, 0.3) is 0 Å². The summed E-state index contributed by atoms with van der Waals surface area (Å²) in [5.74, 6) is 0. The monoisotopic (exact) mass is 410 g/mol. The van der Waals surface area contributed by atoms with E-state index < -0.39 is 19.6 Å². The van der Waals surface area contributed by atoms with Crippen LogP contribution < -0.4 is 0 Å². The molecule has 21 heavy (non-hydrogen) atoms. The molecule has 3 nitrogen and oxygen atoms in total.